The van der Waals surface area contributed by atoms with Crippen LogP contribution < -0.4 is 4.74 Å². The first kappa shape index (κ1) is 13.9. The molecular formula is C11H8BrF3N2O2. The lowest BCUT2D eigenvalue weighted by Gasteiger charge is -2.11. The third-order valence-corrected chi connectivity index (χ3v) is 2.96. The summed E-state index contributed by atoms with van der Waals surface area (Å²) in [5.74, 6) is -0.318. The van der Waals surface area contributed by atoms with Crippen LogP contribution in [0.4, 0.5) is 13.2 Å². The van der Waals surface area contributed by atoms with E-state index < -0.39 is 12.8 Å². The van der Waals surface area contributed by atoms with Crippen molar-refractivity contribution in [2.75, 3.05) is 6.61 Å². The molecular weight excluding hydrogens is 329 g/mol. The van der Waals surface area contributed by atoms with Gasteiger partial charge in [0.25, 0.3) is 0 Å². The molecule has 0 aliphatic rings. The van der Waals surface area contributed by atoms with Crippen LogP contribution in [0.3, 0.4) is 0 Å². The van der Waals surface area contributed by atoms with Gasteiger partial charge in [-0.25, -0.2) is 4.68 Å². The Bertz CT molecular complexity index is 637. The molecule has 4 nitrogen and oxygen atoms in total. The molecule has 0 amide bonds. The van der Waals surface area contributed by atoms with Gasteiger partial charge < -0.3 is 4.74 Å². The molecule has 1 aromatic carbocycles. The fourth-order valence-corrected chi connectivity index (χ4v) is 2.06. The van der Waals surface area contributed by atoms with Gasteiger partial charge in [-0.2, -0.15) is 18.3 Å². The van der Waals surface area contributed by atoms with E-state index in [1.54, 1.807) is 6.07 Å². The van der Waals surface area contributed by atoms with E-state index in [9.17, 15) is 18.0 Å². The normalized spacial score (nSPS) is 11.8. The zero-order valence-electron chi connectivity index (χ0n) is 9.66. The molecule has 0 bridgehead atoms. The van der Waals surface area contributed by atoms with Gasteiger partial charge in [0.1, 0.15) is 5.75 Å². The number of hydrogen-bond acceptors (Lipinski definition) is 3. The highest BCUT2D eigenvalue weighted by molar-refractivity contribution is 9.10. The lowest BCUT2D eigenvalue weighted by molar-refractivity contribution is -0.153. The number of fused-ring (bicyclic) bond motifs is 1. The summed E-state index contributed by atoms with van der Waals surface area (Å²) in [7, 11) is 0. The Hall–Kier alpha value is -1.57. The quantitative estimate of drug-likeness (QED) is 0.844. The number of carbonyl (C=O) groups is 1. The van der Waals surface area contributed by atoms with E-state index in [-0.39, 0.29) is 11.7 Å². The zero-order chi connectivity index (χ0) is 14.2. The molecule has 0 atom stereocenters. The maximum Gasteiger partial charge on any atom is 0.422 e. The SMILES string of the molecule is CC(=O)n1ncc2c(OCC(F)(F)F)c(Br)ccc21. The number of halogens is 4. The average molecular weight is 337 g/mol. The van der Waals surface area contributed by atoms with Crippen molar-refractivity contribution in [2.45, 2.75) is 13.1 Å². The Morgan fingerprint density at radius 3 is 2.74 bits per heavy atom. The monoisotopic (exact) mass is 336 g/mol. The molecule has 0 aliphatic heterocycles. The molecule has 0 saturated carbocycles. The van der Waals surface area contributed by atoms with Crippen LogP contribution in [0.25, 0.3) is 10.9 Å². The summed E-state index contributed by atoms with van der Waals surface area (Å²) in [6.45, 7) is -0.0965. The van der Waals surface area contributed by atoms with Gasteiger partial charge in [0.05, 0.1) is 21.6 Å². The predicted molar refractivity (Wildman–Crippen MR) is 65.3 cm³/mol. The maximum atomic E-state index is 12.2. The number of benzene rings is 1. The molecule has 0 saturated heterocycles. The van der Waals surface area contributed by atoms with Crippen LogP contribution in [0.1, 0.15) is 11.7 Å². The highest BCUT2D eigenvalue weighted by Crippen LogP contribution is 2.34. The van der Waals surface area contributed by atoms with Crippen LogP contribution in [-0.4, -0.2) is 28.5 Å². The predicted octanol–water partition coefficient (Wildman–Crippen LogP) is 3.40. The summed E-state index contributed by atoms with van der Waals surface area (Å²) >= 11 is 3.12. The van der Waals surface area contributed by atoms with Crippen molar-refractivity contribution in [1.82, 2.24) is 9.78 Å². The van der Waals surface area contributed by atoms with Gasteiger partial charge in [0.2, 0.25) is 5.91 Å². The van der Waals surface area contributed by atoms with E-state index in [2.05, 4.69) is 21.0 Å². The smallest absolute Gasteiger partial charge is 0.422 e. The lowest BCUT2D eigenvalue weighted by Crippen LogP contribution is -2.19. The molecule has 0 unspecified atom stereocenters. The molecule has 1 heterocycles. The minimum Gasteiger partial charge on any atom is -0.482 e. The van der Waals surface area contributed by atoms with Gasteiger partial charge in [-0.15, -0.1) is 0 Å². The van der Waals surface area contributed by atoms with E-state index >= 15 is 0 Å². The molecule has 0 spiro atoms. The molecule has 0 radical (unpaired) electrons. The largest absolute Gasteiger partial charge is 0.482 e. The first-order chi connectivity index (χ1) is 8.79. The second kappa shape index (κ2) is 4.84. The number of nitrogens with zero attached hydrogens (tertiary/aromatic N) is 2. The lowest BCUT2D eigenvalue weighted by atomic mass is 10.2. The fourth-order valence-electron chi connectivity index (χ4n) is 1.60. The molecule has 8 heteroatoms. The molecule has 1 aromatic heterocycles. The highest BCUT2D eigenvalue weighted by atomic mass is 79.9. The standard InChI is InChI=1S/C11H8BrF3N2O2/c1-6(18)17-9-3-2-8(12)10(7(9)4-16-17)19-5-11(13,14)15/h2-4H,5H2,1H3. The van der Waals surface area contributed by atoms with Gasteiger partial charge in [0, 0.05) is 6.92 Å². The van der Waals surface area contributed by atoms with Crippen molar-refractivity contribution >= 4 is 32.7 Å². The van der Waals surface area contributed by atoms with Crippen molar-refractivity contribution in [2.24, 2.45) is 0 Å². The van der Waals surface area contributed by atoms with Crippen LogP contribution >= 0.6 is 15.9 Å². The number of rotatable bonds is 2. The van der Waals surface area contributed by atoms with Crippen LogP contribution in [0.5, 0.6) is 5.75 Å². The van der Waals surface area contributed by atoms with Gasteiger partial charge >= 0.3 is 6.18 Å². The Morgan fingerprint density at radius 2 is 2.16 bits per heavy atom. The van der Waals surface area contributed by atoms with Crippen LogP contribution in [0.15, 0.2) is 22.8 Å². The Kier molecular flexibility index (Phi) is 3.53. The number of carbonyl (C=O) groups excluding carboxylic acids is 1. The molecule has 19 heavy (non-hydrogen) atoms. The molecule has 2 aromatic rings. The second-order valence-corrected chi connectivity index (χ2v) is 4.64. The van der Waals surface area contributed by atoms with E-state index in [1.807, 2.05) is 0 Å². The van der Waals surface area contributed by atoms with Gasteiger partial charge in [-0.1, -0.05) is 0 Å². The number of alkyl halides is 3. The topological polar surface area (TPSA) is 44.1 Å². The zero-order valence-corrected chi connectivity index (χ0v) is 11.2. The first-order valence-corrected chi connectivity index (χ1v) is 5.95. The summed E-state index contributed by atoms with van der Waals surface area (Å²) in [6.07, 6.45) is -3.13. The molecule has 102 valence electrons. The summed E-state index contributed by atoms with van der Waals surface area (Å²) in [4.78, 5) is 11.3. The van der Waals surface area contributed by atoms with Gasteiger partial charge in [0.15, 0.2) is 6.61 Å². The first-order valence-electron chi connectivity index (χ1n) is 5.16. The molecule has 2 rings (SSSR count). The van der Waals surface area contributed by atoms with Crippen molar-refractivity contribution in [3.05, 3.63) is 22.8 Å². The maximum absolute atomic E-state index is 12.2. The minimum atomic E-state index is -4.43. The molecule has 0 N–H and O–H groups in total. The Morgan fingerprint density at radius 1 is 1.47 bits per heavy atom. The number of ether oxygens (including phenoxy) is 1. The summed E-state index contributed by atoms with van der Waals surface area (Å²) in [5, 5.41) is 4.17. The van der Waals surface area contributed by atoms with E-state index in [4.69, 9.17) is 4.74 Å². The van der Waals surface area contributed by atoms with Crippen LogP contribution in [0.2, 0.25) is 0 Å². The van der Waals surface area contributed by atoms with Gasteiger partial charge in [-0.05, 0) is 28.1 Å². The second-order valence-electron chi connectivity index (χ2n) is 3.79. The van der Waals surface area contributed by atoms with E-state index in [0.29, 0.717) is 15.4 Å². The minimum absolute atomic E-state index is 0.0160. The third kappa shape index (κ3) is 2.89. The van der Waals surface area contributed by atoms with Crippen LogP contribution in [-0.2, 0) is 0 Å². The van der Waals surface area contributed by atoms with E-state index in [1.165, 1.54) is 19.2 Å². The third-order valence-electron chi connectivity index (χ3n) is 2.33. The number of hydrogen-bond donors (Lipinski definition) is 0. The average Bonchev–Trinajstić information content (AvgIpc) is 2.70. The van der Waals surface area contributed by atoms with Crippen molar-refractivity contribution in [3.8, 4) is 5.75 Å². The van der Waals surface area contributed by atoms with Crippen molar-refractivity contribution in [3.63, 3.8) is 0 Å². The highest BCUT2D eigenvalue weighted by Gasteiger charge is 2.29. The fraction of sp³-hybridized carbons (Fsp3) is 0.273. The Labute approximate surface area is 114 Å². The van der Waals surface area contributed by atoms with Crippen molar-refractivity contribution < 1.29 is 22.7 Å². The summed E-state index contributed by atoms with van der Waals surface area (Å²) in [5.41, 5.74) is 0.396. The summed E-state index contributed by atoms with van der Waals surface area (Å²) < 4.78 is 42.8. The van der Waals surface area contributed by atoms with E-state index in [0.717, 1.165) is 4.68 Å². The van der Waals surface area contributed by atoms with Gasteiger partial charge in [-0.3, -0.25) is 4.79 Å². The van der Waals surface area contributed by atoms with Crippen molar-refractivity contribution in [1.29, 1.82) is 0 Å². The number of aromatic nitrogens is 2. The summed E-state index contributed by atoms with van der Waals surface area (Å²) in [6, 6.07) is 3.09. The molecule has 0 aliphatic carbocycles. The van der Waals surface area contributed by atoms with Crippen LogP contribution in [0, 0.1) is 0 Å². The Balaban J connectivity index is 2.48. The molecule has 0 fully saturated rings.